The minimum absolute atomic E-state index is 0.0387. The fourth-order valence-electron chi connectivity index (χ4n) is 2.16. The molecule has 1 N–H and O–H groups in total. The van der Waals surface area contributed by atoms with Gasteiger partial charge in [-0.25, -0.2) is 0 Å². The van der Waals surface area contributed by atoms with Crippen LogP contribution in [0, 0.1) is 0 Å². The molecular weight excluding hydrogens is 238 g/mol. The van der Waals surface area contributed by atoms with Gasteiger partial charge < -0.3 is 9.73 Å². The van der Waals surface area contributed by atoms with Crippen molar-refractivity contribution in [2.45, 2.75) is 0 Å². The molecule has 0 unspecified atom stereocenters. The summed E-state index contributed by atoms with van der Waals surface area (Å²) < 4.78 is 5.89. The number of rotatable bonds is 2. The first-order valence-electron chi connectivity index (χ1n) is 6.10. The van der Waals surface area contributed by atoms with Crippen LogP contribution >= 0.6 is 0 Å². The molecule has 0 spiro atoms. The molecule has 3 heteroatoms. The van der Waals surface area contributed by atoms with Crippen molar-refractivity contribution in [3.8, 4) is 11.3 Å². The number of anilines is 1. The Morgan fingerprint density at radius 3 is 2.37 bits per heavy atom. The molecule has 0 atom stereocenters. The average Bonchev–Trinajstić information content (AvgIpc) is 2.48. The average molecular weight is 251 g/mol. The Bertz CT molecular complexity index is 776. The molecule has 1 heterocycles. The summed E-state index contributed by atoms with van der Waals surface area (Å²) in [6, 6.07) is 16.9. The molecule has 3 rings (SSSR count). The van der Waals surface area contributed by atoms with Gasteiger partial charge in [0, 0.05) is 12.6 Å². The van der Waals surface area contributed by atoms with Crippen LogP contribution in [0.1, 0.15) is 0 Å². The highest BCUT2D eigenvalue weighted by atomic mass is 16.3. The molecule has 0 aliphatic carbocycles. The quantitative estimate of drug-likeness (QED) is 0.758. The first-order chi connectivity index (χ1) is 9.31. The zero-order valence-electron chi connectivity index (χ0n) is 10.5. The van der Waals surface area contributed by atoms with Gasteiger partial charge in [-0.05, 0) is 12.1 Å². The molecule has 0 aliphatic rings. The van der Waals surface area contributed by atoms with E-state index in [1.54, 1.807) is 13.1 Å². The summed E-state index contributed by atoms with van der Waals surface area (Å²) in [6.07, 6.45) is 0. The van der Waals surface area contributed by atoms with Gasteiger partial charge in [0.1, 0.15) is 11.3 Å². The molecule has 0 saturated carbocycles. The van der Waals surface area contributed by atoms with Gasteiger partial charge in [0.05, 0.1) is 5.39 Å². The SMILES string of the molecule is CNc1c(-c2ccccc2)oc2ccccc2c1=O. The summed E-state index contributed by atoms with van der Waals surface area (Å²) in [5, 5.41) is 3.54. The fourth-order valence-corrected chi connectivity index (χ4v) is 2.16. The molecule has 1 aromatic heterocycles. The molecule has 0 bridgehead atoms. The minimum Gasteiger partial charge on any atom is -0.454 e. The second-order valence-corrected chi connectivity index (χ2v) is 4.25. The summed E-state index contributed by atoms with van der Waals surface area (Å²) in [6.45, 7) is 0. The lowest BCUT2D eigenvalue weighted by molar-refractivity contribution is 0.621. The molecule has 0 fully saturated rings. The van der Waals surface area contributed by atoms with E-state index in [-0.39, 0.29) is 5.43 Å². The van der Waals surface area contributed by atoms with Crippen LogP contribution in [0.3, 0.4) is 0 Å². The minimum atomic E-state index is -0.0387. The highest BCUT2D eigenvalue weighted by Gasteiger charge is 2.14. The number of benzene rings is 2. The van der Waals surface area contributed by atoms with E-state index in [0.717, 1.165) is 5.56 Å². The third-order valence-corrected chi connectivity index (χ3v) is 3.08. The van der Waals surface area contributed by atoms with E-state index < -0.39 is 0 Å². The summed E-state index contributed by atoms with van der Waals surface area (Å²) in [5.74, 6) is 0.576. The van der Waals surface area contributed by atoms with Crippen LogP contribution in [0.25, 0.3) is 22.3 Å². The van der Waals surface area contributed by atoms with E-state index in [2.05, 4.69) is 5.32 Å². The van der Waals surface area contributed by atoms with Crippen molar-refractivity contribution < 1.29 is 4.42 Å². The van der Waals surface area contributed by atoms with Gasteiger partial charge in [0.2, 0.25) is 5.43 Å². The largest absolute Gasteiger partial charge is 0.454 e. The molecule has 0 amide bonds. The Kier molecular flexibility index (Phi) is 2.80. The molecule has 19 heavy (non-hydrogen) atoms. The van der Waals surface area contributed by atoms with E-state index in [4.69, 9.17) is 4.42 Å². The van der Waals surface area contributed by atoms with Crippen LogP contribution in [-0.4, -0.2) is 7.05 Å². The van der Waals surface area contributed by atoms with E-state index in [1.165, 1.54) is 0 Å². The first-order valence-corrected chi connectivity index (χ1v) is 6.10. The molecule has 2 aromatic carbocycles. The fraction of sp³-hybridized carbons (Fsp3) is 0.0625. The van der Waals surface area contributed by atoms with E-state index in [0.29, 0.717) is 22.4 Å². The Morgan fingerprint density at radius 2 is 1.63 bits per heavy atom. The van der Waals surface area contributed by atoms with Crippen LogP contribution in [0.5, 0.6) is 0 Å². The van der Waals surface area contributed by atoms with Gasteiger partial charge in [0.15, 0.2) is 5.76 Å². The van der Waals surface area contributed by atoms with Crippen molar-refractivity contribution >= 4 is 16.7 Å². The standard InChI is InChI=1S/C16H13NO2/c1-17-14-15(18)12-9-5-6-10-13(12)19-16(14)11-7-3-2-4-8-11/h2-10,17H,1H3. The van der Waals surface area contributed by atoms with Crippen molar-refractivity contribution in [1.82, 2.24) is 0 Å². The topological polar surface area (TPSA) is 42.2 Å². The number of fused-ring (bicyclic) bond motifs is 1. The van der Waals surface area contributed by atoms with Gasteiger partial charge in [-0.1, -0.05) is 42.5 Å². The van der Waals surface area contributed by atoms with Crippen LogP contribution in [-0.2, 0) is 0 Å². The monoisotopic (exact) mass is 251 g/mol. The number of hydrogen-bond donors (Lipinski definition) is 1. The van der Waals surface area contributed by atoms with Crippen LogP contribution in [0.4, 0.5) is 5.69 Å². The van der Waals surface area contributed by atoms with Crippen LogP contribution in [0.15, 0.2) is 63.8 Å². The van der Waals surface area contributed by atoms with Gasteiger partial charge in [-0.2, -0.15) is 0 Å². The van der Waals surface area contributed by atoms with Gasteiger partial charge >= 0.3 is 0 Å². The van der Waals surface area contributed by atoms with E-state index >= 15 is 0 Å². The molecule has 0 saturated heterocycles. The third-order valence-electron chi connectivity index (χ3n) is 3.08. The lowest BCUT2D eigenvalue weighted by Crippen LogP contribution is -2.10. The summed E-state index contributed by atoms with van der Waals surface area (Å²) in [5.41, 5.74) is 1.94. The molecule has 94 valence electrons. The smallest absolute Gasteiger partial charge is 0.216 e. The maximum atomic E-state index is 12.4. The summed E-state index contributed by atoms with van der Waals surface area (Å²) >= 11 is 0. The molecular formula is C16H13NO2. The predicted octanol–water partition coefficient (Wildman–Crippen LogP) is 3.50. The van der Waals surface area contributed by atoms with Crippen LogP contribution < -0.4 is 10.7 Å². The van der Waals surface area contributed by atoms with Gasteiger partial charge in [-0.3, -0.25) is 4.79 Å². The normalized spacial score (nSPS) is 10.6. The Labute approximate surface area is 110 Å². The van der Waals surface area contributed by atoms with Crippen molar-refractivity contribution in [1.29, 1.82) is 0 Å². The van der Waals surface area contributed by atoms with Crippen LogP contribution in [0.2, 0.25) is 0 Å². The van der Waals surface area contributed by atoms with Crippen molar-refractivity contribution in [2.75, 3.05) is 12.4 Å². The Morgan fingerprint density at radius 1 is 0.947 bits per heavy atom. The van der Waals surface area contributed by atoms with E-state index in [9.17, 15) is 4.79 Å². The lowest BCUT2D eigenvalue weighted by atomic mass is 10.1. The zero-order chi connectivity index (χ0) is 13.2. The maximum absolute atomic E-state index is 12.4. The molecule has 3 aromatic rings. The zero-order valence-corrected chi connectivity index (χ0v) is 10.5. The van der Waals surface area contributed by atoms with E-state index in [1.807, 2.05) is 48.5 Å². The summed E-state index contributed by atoms with van der Waals surface area (Å²) in [4.78, 5) is 12.4. The number of nitrogens with one attached hydrogen (secondary N) is 1. The predicted molar refractivity (Wildman–Crippen MR) is 77.5 cm³/mol. The summed E-state index contributed by atoms with van der Waals surface area (Å²) in [7, 11) is 1.73. The second-order valence-electron chi connectivity index (χ2n) is 4.25. The first kappa shape index (κ1) is 11.5. The van der Waals surface area contributed by atoms with Gasteiger partial charge in [-0.15, -0.1) is 0 Å². The molecule has 0 radical (unpaired) electrons. The highest BCUT2D eigenvalue weighted by molar-refractivity contribution is 5.85. The molecule has 3 nitrogen and oxygen atoms in total. The molecule has 0 aliphatic heterocycles. The maximum Gasteiger partial charge on any atom is 0.216 e. The third kappa shape index (κ3) is 1.89. The number of para-hydroxylation sites is 1. The number of hydrogen-bond acceptors (Lipinski definition) is 3. The Balaban J connectivity index is 2.39. The van der Waals surface area contributed by atoms with Gasteiger partial charge in [0.25, 0.3) is 0 Å². The highest BCUT2D eigenvalue weighted by Crippen LogP contribution is 2.28. The van der Waals surface area contributed by atoms with Crippen molar-refractivity contribution in [3.05, 3.63) is 64.8 Å². The Hall–Kier alpha value is -2.55. The van der Waals surface area contributed by atoms with Crippen molar-refractivity contribution in [2.24, 2.45) is 0 Å². The second kappa shape index (κ2) is 4.61. The lowest BCUT2D eigenvalue weighted by Gasteiger charge is -2.09. The van der Waals surface area contributed by atoms with Crippen molar-refractivity contribution in [3.63, 3.8) is 0 Å².